The van der Waals surface area contributed by atoms with Gasteiger partial charge in [-0.2, -0.15) is 0 Å². The molecule has 1 aromatic heterocycles. The van der Waals surface area contributed by atoms with E-state index < -0.39 is 0 Å². The van der Waals surface area contributed by atoms with E-state index in [2.05, 4.69) is 50.6 Å². The van der Waals surface area contributed by atoms with Gasteiger partial charge in [-0.05, 0) is 37.1 Å². The molecule has 1 aromatic carbocycles. The van der Waals surface area contributed by atoms with E-state index in [0.717, 1.165) is 12.6 Å². The van der Waals surface area contributed by atoms with Crippen molar-refractivity contribution in [3.8, 4) is 0 Å². The van der Waals surface area contributed by atoms with Gasteiger partial charge in [0.25, 0.3) is 0 Å². The number of benzene rings is 1. The maximum absolute atomic E-state index is 3.58. The summed E-state index contributed by atoms with van der Waals surface area (Å²) in [4.78, 5) is 2.67. The smallest absolute Gasteiger partial charge is 0.0494 e. The highest BCUT2D eigenvalue weighted by Gasteiger charge is 2.32. The lowest BCUT2D eigenvalue weighted by atomic mass is 9.99. The van der Waals surface area contributed by atoms with Crippen molar-refractivity contribution in [2.24, 2.45) is 7.05 Å². The fraction of sp³-hybridized carbons (Fsp3) is 0.467. The van der Waals surface area contributed by atoms with Crippen LogP contribution < -0.4 is 0 Å². The maximum Gasteiger partial charge on any atom is 0.0494 e. The van der Waals surface area contributed by atoms with Crippen LogP contribution in [0, 0.1) is 0 Å². The summed E-state index contributed by atoms with van der Waals surface area (Å²) < 4.78 is 3.58. The monoisotopic (exact) mass is 304 g/mol. The molecule has 94 valence electrons. The minimum atomic E-state index is 0.795. The molecule has 1 saturated heterocycles. The zero-order valence-corrected chi connectivity index (χ0v) is 12.2. The van der Waals surface area contributed by atoms with Crippen LogP contribution in [-0.4, -0.2) is 22.1 Å². The molecule has 3 heteroatoms. The number of halogens is 1. The van der Waals surface area contributed by atoms with Crippen molar-refractivity contribution in [2.45, 2.75) is 31.8 Å². The molecule has 0 N–H and O–H groups in total. The molecule has 0 radical (unpaired) electrons. The molecule has 0 spiro atoms. The van der Waals surface area contributed by atoms with Crippen molar-refractivity contribution in [1.29, 1.82) is 0 Å². The van der Waals surface area contributed by atoms with Crippen LogP contribution in [0.4, 0.5) is 0 Å². The highest BCUT2D eigenvalue weighted by atomic mass is 79.9. The standard InChI is InChI=1S/C15H17BrN2/c1-17-14-7-10(16)4-5-12(14)13-9-18-6-2-3-11(18)8-15(13)17/h4-5,7,11H,2-3,6,8-9H2,1H3. The quantitative estimate of drug-likeness (QED) is 0.723. The summed E-state index contributed by atoms with van der Waals surface area (Å²) in [6, 6.07) is 7.48. The van der Waals surface area contributed by atoms with Crippen LogP contribution in [0.5, 0.6) is 0 Å². The Kier molecular flexibility index (Phi) is 2.36. The van der Waals surface area contributed by atoms with Gasteiger partial charge in [0.15, 0.2) is 0 Å². The highest BCUT2D eigenvalue weighted by molar-refractivity contribution is 9.10. The van der Waals surface area contributed by atoms with Crippen molar-refractivity contribution in [2.75, 3.05) is 6.54 Å². The summed E-state index contributed by atoms with van der Waals surface area (Å²) in [7, 11) is 2.22. The topological polar surface area (TPSA) is 8.17 Å². The Morgan fingerprint density at radius 1 is 1.33 bits per heavy atom. The van der Waals surface area contributed by atoms with E-state index in [1.165, 1.54) is 41.2 Å². The first-order valence-corrected chi connectivity index (χ1v) is 7.53. The van der Waals surface area contributed by atoms with Crippen molar-refractivity contribution < 1.29 is 0 Å². The maximum atomic E-state index is 3.58. The molecule has 1 unspecified atom stereocenters. The Balaban J connectivity index is 1.94. The molecule has 2 aromatic rings. The second-order valence-corrected chi connectivity index (χ2v) is 6.53. The molecule has 2 aliphatic rings. The number of fused-ring (bicyclic) bond motifs is 4. The average Bonchev–Trinajstić information content (AvgIpc) is 2.92. The lowest BCUT2D eigenvalue weighted by molar-refractivity contribution is 0.225. The zero-order chi connectivity index (χ0) is 12.3. The Morgan fingerprint density at radius 3 is 3.11 bits per heavy atom. The van der Waals surface area contributed by atoms with E-state index in [9.17, 15) is 0 Å². The number of hydrogen-bond acceptors (Lipinski definition) is 1. The highest BCUT2D eigenvalue weighted by Crippen LogP contribution is 2.36. The number of aryl methyl sites for hydroxylation is 1. The molecule has 2 aliphatic heterocycles. The second kappa shape index (κ2) is 3.84. The van der Waals surface area contributed by atoms with E-state index >= 15 is 0 Å². The van der Waals surface area contributed by atoms with Crippen LogP contribution in [0.1, 0.15) is 24.1 Å². The Bertz CT molecular complexity index is 629. The largest absolute Gasteiger partial charge is 0.347 e. The SMILES string of the molecule is Cn1c2c(c3ccc(Br)cc31)CN1CCCC1C2. The summed E-state index contributed by atoms with van der Waals surface area (Å²) in [5, 5.41) is 1.45. The Labute approximate surface area is 116 Å². The van der Waals surface area contributed by atoms with Gasteiger partial charge >= 0.3 is 0 Å². The minimum absolute atomic E-state index is 0.795. The van der Waals surface area contributed by atoms with Crippen LogP contribution >= 0.6 is 15.9 Å². The lowest BCUT2D eigenvalue weighted by Gasteiger charge is -2.30. The van der Waals surface area contributed by atoms with E-state index in [0.29, 0.717) is 0 Å². The first-order chi connectivity index (χ1) is 8.74. The van der Waals surface area contributed by atoms with Crippen LogP contribution in [0.3, 0.4) is 0 Å². The van der Waals surface area contributed by atoms with Crippen molar-refractivity contribution >= 4 is 26.8 Å². The second-order valence-electron chi connectivity index (χ2n) is 5.62. The number of aromatic nitrogens is 1. The van der Waals surface area contributed by atoms with Gasteiger partial charge < -0.3 is 4.57 Å². The van der Waals surface area contributed by atoms with Gasteiger partial charge in [0.05, 0.1) is 0 Å². The molecule has 0 aliphatic carbocycles. The third-order valence-corrected chi connectivity index (χ3v) is 5.18. The summed E-state index contributed by atoms with van der Waals surface area (Å²) >= 11 is 3.58. The lowest BCUT2D eigenvalue weighted by Crippen LogP contribution is -2.35. The number of hydrogen-bond donors (Lipinski definition) is 0. The van der Waals surface area contributed by atoms with E-state index in [4.69, 9.17) is 0 Å². The third-order valence-electron chi connectivity index (χ3n) is 4.69. The average molecular weight is 305 g/mol. The summed E-state index contributed by atoms with van der Waals surface area (Å²) in [6.07, 6.45) is 3.99. The first-order valence-electron chi connectivity index (χ1n) is 6.74. The predicted molar refractivity (Wildman–Crippen MR) is 77.8 cm³/mol. The van der Waals surface area contributed by atoms with Gasteiger partial charge in [0.1, 0.15) is 0 Å². The molecular weight excluding hydrogens is 288 g/mol. The summed E-state index contributed by atoms with van der Waals surface area (Å²) in [5.41, 5.74) is 4.50. The first kappa shape index (κ1) is 11.1. The summed E-state index contributed by atoms with van der Waals surface area (Å²) in [5.74, 6) is 0. The van der Waals surface area contributed by atoms with Crippen molar-refractivity contribution in [3.05, 3.63) is 33.9 Å². The van der Waals surface area contributed by atoms with Gasteiger partial charge in [-0.3, -0.25) is 4.90 Å². The summed E-state index contributed by atoms with van der Waals surface area (Å²) in [6.45, 7) is 2.44. The minimum Gasteiger partial charge on any atom is -0.347 e. The van der Waals surface area contributed by atoms with Gasteiger partial charge in [-0.25, -0.2) is 0 Å². The van der Waals surface area contributed by atoms with E-state index in [1.54, 1.807) is 11.3 Å². The van der Waals surface area contributed by atoms with Gasteiger partial charge in [-0.1, -0.05) is 22.0 Å². The molecule has 0 saturated carbocycles. The molecule has 1 fully saturated rings. The van der Waals surface area contributed by atoms with E-state index in [1.807, 2.05) is 0 Å². The number of rotatable bonds is 0. The van der Waals surface area contributed by atoms with Gasteiger partial charge in [0, 0.05) is 47.1 Å². The van der Waals surface area contributed by atoms with Gasteiger partial charge in [0.2, 0.25) is 0 Å². The van der Waals surface area contributed by atoms with Crippen molar-refractivity contribution in [1.82, 2.24) is 9.47 Å². The zero-order valence-electron chi connectivity index (χ0n) is 10.6. The van der Waals surface area contributed by atoms with E-state index in [-0.39, 0.29) is 0 Å². The van der Waals surface area contributed by atoms with Crippen LogP contribution in [0.2, 0.25) is 0 Å². The predicted octanol–water partition coefficient (Wildman–Crippen LogP) is 3.46. The fourth-order valence-electron chi connectivity index (χ4n) is 3.74. The normalized spacial score (nSPS) is 23.3. The molecular formula is C15H17BrN2. The third kappa shape index (κ3) is 1.44. The molecule has 18 heavy (non-hydrogen) atoms. The molecule has 0 amide bonds. The molecule has 3 heterocycles. The van der Waals surface area contributed by atoms with Gasteiger partial charge in [-0.15, -0.1) is 0 Å². The molecule has 4 rings (SSSR count). The Hall–Kier alpha value is -0.800. The van der Waals surface area contributed by atoms with Crippen LogP contribution in [-0.2, 0) is 20.0 Å². The Morgan fingerprint density at radius 2 is 2.22 bits per heavy atom. The molecule has 1 atom stereocenters. The van der Waals surface area contributed by atoms with Crippen LogP contribution in [0.15, 0.2) is 22.7 Å². The molecule has 2 nitrogen and oxygen atoms in total. The van der Waals surface area contributed by atoms with Crippen molar-refractivity contribution in [3.63, 3.8) is 0 Å². The number of nitrogens with zero attached hydrogens (tertiary/aromatic N) is 2. The molecule has 0 bridgehead atoms. The van der Waals surface area contributed by atoms with Crippen LogP contribution in [0.25, 0.3) is 10.9 Å². The fourth-order valence-corrected chi connectivity index (χ4v) is 4.09.